The first-order chi connectivity index (χ1) is 12.8. The molecular formula is C19H26ClNO6. The molecule has 27 heavy (non-hydrogen) atoms. The van der Waals surface area contributed by atoms with Gasteiger partial charge < -0.3 is 19.9 Å². The molecule has 2 atom stereocenters. The average Bonchev–Trinajstić information content (AvgIpc) is 2.59. The zero-order valence-electron chi connectivity index (χ0n) is 15.6. The zero-order valence-corrected chi connectivity index (χ0v) is 16.3. The number of ether oxygens (including phenoxy) is 2. The van der Waals surface area contributed by atoms with Crippen molar-refractivity contribution in [3.05, 3.63) is 34.9 Å². The molecule has 0 fully saturated rings. The summed E-state index contributed by atoms with van der Waals surface area (Å²) >= 11 is 5.87. The maximum atomic E-state index is 12.3. The fraction of sp³-hybridized carbons (Fsp3) is 0.526. The first-order valence-electron chi connectivity index (χ1n) is 8.99. The molecule has 7 nitrogen and oxygen atoms in total. The number of rotatable bonds is 11. The van der Waals surface area contributed by atoms with Crippen LogP contribution in [0.4, 0.5) is 4.79 Å². The molecule has 1 rings (SSSR count). The number of benzene rings is 1. The molecule has 0 spiro atoms. The van der Waals surface area contributed by atoms with E-state index in [1.807, 2.05) is 13.8 Å². The number of carboxylic acid groups (broad SMARTS) is 1. The van der Waals surface area contributed by atoms with Gasteiger partial charge in [-0.25, -0.2) is 4.79 Å². The van der Waals surface area contributed by atoms with Crippen LogP contribution >= 0.6 is 11.6 Å². The fourth-order valence-corrected chi connectivity index (χ4v) is 2.49. The number of halogens is 1. The van der Waals surface area contributed by atoms with Crippen LogP contribution in [0, 0.1) is 0 Å². The number of esters is 1. The standard InChI is InChI=1S/C19H26ClNO6/c1-3-5-17(24)26-18(6-4-2)27-19(25)21-15(11-12-16(22)23)13-7-9-14(20)10-8-13/h7-10,15,18H,3-6,11-12H2,1-2H3,(H,21,25)(H,22,23). The highest BCUT2D eigenvalue weighted by atomic mass is 35.5. The van der Waals surface area contributed by atoms with Crippen LogP contribution < -0.4 is 5.32 Å². The second kappa shape index (κ2) is 12.2. The van der Waals surface area contributed by atoms with Crippen molar-refractivity contribution in [3.8, 4) is 0 Å². The van der Waals surface area contributed by atoms with Crippen LogP contribution in [-0.2, 0) is 19.1 Å². The second-order valence-electron chi connectivity index (χ2n) is 6.04. The lowest BCUT2D eigenvalue weighted by atomic mass is 10.0. The first kappa shape index (κ1) is 22.8. The summed E-state index contributed by atoms with van der Waals surface area (Å²) in [6.07, 6.45) is 0.232. The molecule has 0 aliphatic carbocycles. The molecule has 0 aliphatic rings. The molecule has 0 saturated carbocycles. The third-order valence-corrected chi connectivity index (χ3v) is 3.94. The van der Waals surface area contributed by atoms with Crippen LogP contribution in [0.5, 0.6) is 0 Å². The predicted octanol–water partition coefficient (Wildman–Crippen LogP) is 4.44. The molecule has 0 aromatic heterocycles. The third-order valence-electron chi connectivity index (χ3n) is 3.69. The Kier molecular flexibility index (Phi) is 10.3. The molecule has 0 heterocycles. The van der Waals surface area contributed by atoms with Crippen molar-refractivity contribution in [1.82, 2.24) is 5.32 Å². The lowest BCUT2D eigenvalue weighted by Gasteiger charge is -2.22. The van der Waals surface area contributed by atoms with E-state index in [2.05, 4.69) is 5.32 Å². The van der Waals surface area contributed by atoms with Gasteiger partial charge in [0.2, 0.25) is 6.29 Å². The van der Waals surface area contributed by atoms with Crippen LogP contribution in [0.1, 0.15) is 64.0 Å². The van der Waals surface area contributed by atoms with E-state index in [0.29, 0.717) is 29.8 Å². The summed E-state index contributed by atoms with van der Waals surface area (Å²) in [7, 11) is 0. The topological polar surface area (TPSA) is 102 Å². The summed E-state index contributed by atoms with van der Waals surface area (Å²) in [6.45, 7) is 3.73. The minimum Gasteiger partial charge on any atom is -0.481 e. The smallest absolute Gasteiger partial charge is 0.410 e. The van der Waals surface area contributed by atoms with Gasteiger partial charge >= 0.3 is 18.0 Å². The quantitative estimate of drug-likeness (QED) is 0.421. The van der Waals surface area contributed by atoms with Crippen LogP contribution in [0.3, 0.4) is 0 Å². The van der Waals surface area contributed by atoms with Crippen molar-refractivity contribution in [2.45, 2.75) is 64.7 Å². The minimum atomic E-state index is -0.973. The molecule has 0 saturated heterocycles. The third kappa shape index (κ3) is 9.28. The van der Waals surface area contributed by atoms with E-state index >= 15 is 0 Å². The molecule has 1 aromatic carbocycles. The predicted molar refractivity (Wildman–Crippen MR) is 100 cm³/mol. The monoisotopic (exact) mass is 399 g/mol. The van der Waals surface area contributed by atoms with Crippen molar-refractivity contribution in [2.75, 3.05) is 0 Å². The van der Waals surface area contributed by atoms with Gasteiger partial charge in [0.15, 0.2) is 0 Å². The van der Waals surface area contributed by atoms with Crippen molar-refractivity contribution < 1.29 is 29.0 Å². The summed E-state index contributed by atoms with van der Waals surface area (Å²) < 4.78 is 10.4. The van der Waals surface area contributed by atoms with Crippen molar-refractivity contribution in [1.29, 1.82) is 0 Å². The molecule has 0 bridgehead atoms. The van der Waals surface area contributed by atoms with Crippen molar-refractivity contribution in [3.63, 3.8) is 0 Å². The Labute approximate surface area is 164 Å². The van der Waals surface area contributed by atoms with E-state index in [1.165, 1.54) is 0 Å². The number of nitrogens with one attached hydrogen (secondary N) is 1. The van der Waals surface area contributed by atoms with E-state index < -0.39 is 30.4 Å². The van der Waals surface area contributed by atoms with Crippen LogP contribution in [-0.4, -0.2) is 29.4 Å². The number of alkyl carbamates (subject to hydrolysis) is 1. The Hall–Kier alpha value is -2.28. The lowest BCUT2D eigenvalue weighted by molar-refractivity contribution is -0.169. The van der Waals surface area contributed by atoms with E-state index in [-0.39, 0.29) is 19.3 Å². The SMILES string of the molecule is CCCC(=O)OC(CCC)OC(=O)NC(CCC(=O)O)c1ccc(Cl)cc1. The number of amides is 1. The van der Waals surface area contributed by atoms with E-state index in [4.69, 9.17) is 26.2 Å². The normalized spacial score (nSPS) is 12.7. The van der Waals surface area contributed by atoms with Gasteiger partial charge in [-0.05, 0) is 37.0 Å². The zero-order chi connectivity index (χ0) is 20.2. The number of carbonyl (C=O) groups is 3. The Morgan fingerprint density at radius 1 is 1.04 bits per heavy atom. The van der Waals surface area contributed by atoms with Gasteiger partial charge in [0.05, 0.1) is 6.04 Å². The minimum absolute atomic E-state index is 0.128. The highest BCUT2D eigenvalue weighted by Gasteiger charge is 2.21. The summed E-state index contributed by atoms with van der Waals surface area (Å²) in [5.41, 5.74) is 0.701. The van der Waals surface area contributed by atoms with Crippen LogP contribution in [0.2, 0.25) is 5.02 Å². The fourth-order valence-electron chi connectivity index (χ4n) is 2.37. The van der Waals surface area contributed by atoms with Gasteiger partial charge in [-0.15, -0.1) is 0 Å². The molecule has 2 N–H and O–H groups in total. The highest BCUT2D eigenvalue weighted by molar-refractivity contribution is 6.30. The van der Waals surface area contributed by atoms with E-state index in [9.17, 15) is 14.4 Å². The molecule has 0 radical (unpaired) electrons. The second-order valence-corrected chi connectivity index (χ2v) is 6.48. The Morgan fingerprint density at radius 2 is 1.70 bits per heavy atom. The first-order valence-corrected chi connectivity index (χ1v) is 9.37. The average molecular weight is 400 g/mol. The van der Waals surface area contributed by atoms with Crippen LogP contribution in [0.25, 0.3) is 0 Å². The van der Waals surface area contributed by atoms with E-state index in [0.717, 1.165) is 0 Å². The molecule has 2 unspecified atom stereocenters. The molecule has 150 valence electrons. The number of carboxylic acids is 1. The number of hydrogen-bond donors (Lipinski definition) is 2. The Morgan fingerprint density at radius 3 is 2.26 bits per heavy atom. The van der Waals surface area contributed by atoms with Gasteiger partial charge in [0, 0.05) is 24.3 Å². The summed E-state index contributed by atoms with van der Waals surface area (Å²) in [6, 6.07) is 6.16. The van der Waals surface area contributed by atoms with Crippen LogP contribution in [0.15, 0.2) is 24.3 Å². The molecular weight excluding hydrogens is 374 g/mol. The van der Waals surface area contributed by atoms with Crippen molar-refractivity contribution >= 4 is 29.6 Å². The number of carbonyl (C=O) groups excluding carboxylic acids is 2. The molecule has 8 heteroatoms. The lowest BCUT2D eigenvalue weighted by Crippen LogP contribution is -2.34. The maximum Gasteiger partial charge on any atom is 0.410 e. The highest BCUT2D eigenvalue weighted by Crippen LogP contribution is 2.21. The number of hydrogen-bond acceptors (Lipinski definition) is 5. The van der Waals surface area contributed by atoms with Gasteiger partial charge in [-0.1, -0.05) is 37.6 Å². The summed E-state index contributed by atoms with van der Waals surface area (Å²) in [5.74, 6) is -1.40. The maximum absolute atomic E-state index is 12.3. The van der Waals surface area contributed by atoms with E-state index in [1.54, 1.807) is 24.3 Å². The van der Waals surface area contributed by atoms with Gasteiger partial charge in [-0.2, -0.15) is 0 Å². The van der Waals surface area contributed by atoms with Crippen molar-refractivity contribution in [2.24, 2.45) is 0 Å². The molecule has 1 aromatic rings. The van der Waals surface area contributed by atoms with Gasteiger partial charge in [-0.3, -0.25) is 9.59 Å². The van der Waals surface area contributed by atoms with Gasteiger partial charge in [0.25, 0.3) is 0 Å². The molecule has 1 amide bonds. The Balaban J connectivity index is 2.76. The summed E-state index contributed by atoms with van der Waals surface area (Å²) in [4.78, 5) is 34.8. The summed E-state index contributed by atoms with van der Waals surface area (Å²) in [5, 5.41) is 12.1. The van der Waals surface area contributed by atoms with Gasteiger partial charge in [0.1, 0.15) is 0 Å². The number of aliphatic carboxylic acids is 1. The molecule has 0 aliphatic heterocycles. The largest absolute Gasteiger partial charge is 0.481 e. The Bertz CT molecular complexity index is 619.